The van der Waals surface area contributed by atoms with Crippen molar-refractivity contribution in [3.8, 4) is 0 Å². The Morgan fingerprint density at radius 1 is 1.29 bits per heavy atom. The summed E-state index contributed by atoms with van der Waals surface area (Å²) in [4.78, 5) is 15.9. The highest BCUT2D eigenvalue weighted by molar-refractivity contribution is 9.10. The van der Waals surface area contributed by atoms with Crippen molar-refractivity contribution in [1.29, 1.82) is 0 Å². The number of hydrogen-bond donors (Lipinski definition) is 0. The summed E-state index contributed by atoms with van der Waals surface area (Å²) in [6, 6.07) is 9.68. The number of rotatable bonds is 3. The number of fused-ring (bicyclic) bond motifs is 1. The Hall–Kier alpha value is -2.14. The van der Waals surface area contributed by atoms with E-state index in [0.717, 1.165) is 27.5 Å². The van der Waals surface area contributed by atoms with Gasteiger partial charge in [0.15, 0.2) is 0 Å². The molecule has 0 saturated heterocycles. The van der Waals surface area contributed by atoms with Crippen molar-refractivity contribution < 1.29 is 9.53 Å². The summed E-state index contributed by atoms with van der Waals surface area (Å²) >= 11 is 3.45. The molecular weight excluding hydrogens is 332 g/mol. The van der Waals surface area contributed by atoms with E-state index in [4.69, 9.17) is 4.74 Å². The third-order valence-corrected chi connectivity index (χ3v) is 3.82. The molecule has 3 aromatic rings. The molecule has 0 amide bonds. The Morgan fingerprint density at radius 2 is 2.05 bits per heavy atom. The molecule has 1 aromatic carbocycles. The number of hydrogen-bond acceptors (Lipinski definition) is 3. The first-order chi connectivity index (χ1) is 10.2. The Bertz CT molecular complexity index is 797. The minimum absolute atomic E-state index is 0.331. The van der Waals surface area contributed by atoms with E-state index in [-0.39, 0.29) is 5.97 Å². The maximum atomic E-state index is 11.9. The molecule has 5 heteroatoms. The van der Waals surface area contributed by atoms with Crippen molar-refractivity contribution >= 4 is 32.8 Å². The Morgan fingerprint density at radius 3 is 2.76 bits per heavy atom. The average molecular weight is 345 g/mol. The number of benzene rings is 1. The first-order valence-corrected chi connectivity index (χ1v) is 7.24. The lowest BCUT2D eigenvalue weighted by Gasteiger charge is -2.08. The van der Waals surface area contributed by atoms with Crippen LogP contribution in [0.25, 0.3) is 10.9 Å². The van der Waals surface area contributed by atoms with Gasteiger partial charge in [-0.1, -0.05) is 15.9 Å². The van der Waals surface area contributed by atoms with Crippen LogP contribution in [0.4, 0.5) is 0 Å². The van der Waals surface area contributed by atoms with Crippen molar-refractivity contribution in [2.75, 3.05) is 7.11 Å². The fraction of sp³-hybridized carbons (Fsp3) is 0.125. The molecule has 0 saturated carbocycles. The van der Waals surface area contributed by atoms with Gasteiger partial charge in [-0.3, -0.25) is 4.98 Å². The van der Waals surface area contributed by atoms with Gasteiger partial charge in [0.05, 0.1) is 18.2 Å². The molecule has 0 fully saturated rings. The van der Waals surface area contributed by atoms with Gasteiger partial charge in [-0.15, -0.1) is 0 Å². The second kappa shape index (κ2) is 5.69. The van der Waals surface area contributed by atoms with Crippen LogP contribution in [0, 0.1) is 0 Å². The fourth-order valence-electron chi connectivity index (χ4n) is 2.36. The molecule has 0 aliphatic rings. The molecule has 0 atom stereocenters. The number of nitrogens with zero attached hydrogens (tertiary/aromatic N) is 2. The smallest absolute Gasteiger partial charge is 0.338 e. The number of methoxy groups -OCH3 is 1. The summed E-state index contributed by atoms with van der Waals surface area (Å²) < 4.78 is 7.80. The van der Waals surface area contributed by atoms with E-state index >= 15 is 0 Å². The molecule has 0 spiro atoms. The molecule has 0 aliphatic heterocycles. The van der Waals surface area contributed by atoms with Gasteiger partial charge in [0.25, 0.3) is 0 Å². The first kappa shape index (κ1) is 13.8. The normalized spacial score (nSPS) is 10.8. The van der Waals surface area contributed by atoms with Crippen LogP contribution < -0.4 is 0 Å². The summed E-state index contributed by atoms with van der Waals surface area (Å²) in [5.41, 5.74) is 2.71. The minimum Gasteiger partial charge on any atom is -0.465 e. The first-order valence-electron chi connectivity index (χ1n) is 6.44. The molecule has 3 rings (SSSR count). The largest absolute Gasteiger partial charge is 0.465 e. The lowest BCUT2D eigenvalue weighted by molar-refractivity contribution is 0.0603. The molecule has 2 heterocycles. The minimum atomic E-state index is -0.331. The third kappa shape index (κ3) is 2.69. The van der Waals surface area contributed by atoms with Gasteiger partial charge >= 0.3 is 5.97 Å². The molecule has 2 aromatic heterocycles. The zero-order valence-electron chi connectivity index (χ0n) is 11.4. The van der Waals surface area contributed by atoms with Crippen molar-refractivity contribution in [3.05, 3.63) is 64.5 Å². The monoisotopic (exact) mass is 344 g/mol. The summed E-state index contributed by atoms with van der Waals surface area (Å²) in [6.45, 7) is 0.725. The molecule has 0 unspecified atom stereocenters. The molecule has 0 aliphatic carbocycles. The van der Waals surface area contributed by atoms with Crippen molar-refractivity contribution in [2.45, 2.75) is 6.54 Å². The van der Waals surface area contributed by atoms with Crippen LogP contribution in [0.2, 0.25) is 0 Å². The Kier molecular flexibility index (Phi) is 3.75. The zero-order chi connectivity index (χ0) is 14.8. The zero-order valence-corrected chi connectivity index (χ0v) is 13.0. The SMILES string of the molecule is COC(=O)c1cc(Br)cc2c1ccn2Cc1ccncc1. The van der Waals surface area contributed by atoms with Crippen LogP contribution in [0.15, 0.2) is 53.4 Å². The van der Waals surface area contributed by atoms with Crippen LogP contribution in [0.3, 0.4) is 0 Å². The molecule has 0 radical (unpaired) electrons. The predicted octanol–water partition coefficient (Wildman–Crippen LogP) is 3.63. The van der Waals surface area contributed by atoms with E-state index in [1.165, 1.54) is 7.11 Å². The number of ether oxygens (including phenoxy) is 1. The lowest BCUT2D eigenvalue weighted by atomic mass is 10.1. The highest BCUT2D eigenvalue weighted by Crippen LogP contribution is 2.26. The van der Waals surface area contributed by atoms with Crippen LogP contribution in [0.1, 0.15) is 15.9 Å². The highest BCUT2D eigenvalue weighted by Gasteiger charge is 2.14. The van der Waals surface area contributed by atoms with Crippen LogP contribution in [-0.2, 0) is 11.3 Å². The van der Waals surface area contributed by atoms with Gasteiger partial charge in [0, 0.05) is 35.0 Å². The number of esters is 1. The van der Waals surface area contributed by atoms with E-state index < -0.39 is 0 Å². The molecular formula is C16H13BrN2O2. The van der Waals surface area contributed by atoms with E-state index in [1.807, 2.05) is 30.5 Å². The summed E-state index contributed by atoms with van der Waals surface area (Å²) in [5.74, 6) is -0.331. The second-order valence-corrected chi connectivity index (χ2v) is 5.59. The molecule has 0 N–H and O–H groups in total. The Labute approximate surface area is 130 Å². The second-order valence-electron chi connectivity index (χ2n) is 4.68. The van der Waals surface area contributed by atoms with Gasteiger partial charge in [0.2, 0.25) is 0 Å². The van der Waals surface area contributed by atoms with Gasteiger partial charge in [-0.05, 0) is 35.9 Å². The lowest BCUT2D eigenvalue weighted by Crippen LogP contribution is -2.03. The maximum absolute atomic E-state index is 11.9. The standard InChI is InChI=1S/C16H13BrN2O2/c1-21-16(20)14-8-12(17)9-15-13(14)4-7-19(15)10-11-2-5-18-6-3-11/h2-9H,10H2,1H3. The van der Waals surface area contributed by atoms with E-state index in [9.17, 15) is 4.79 Å². The van der Waals surface area contributed by atoms with E-state index in [2.05, 4.69) is 25.5 Å². The summed E-state index contributed by atoms with van der Waals surface area (Å²) in [5, 5.41) is 0.888. The molecule has 0 bridgehead atoms. The number of pyridine rings is 1. The predicted molar refractivity (Wildman–Crippen MR) is 84.3 cm³/mol. The average Bonchev–Trinajstić information content (AvgIpc) is 2.89. The van der Waals surface area contributed by atoms with Crippen LogP contribution in [0.5, 0.6) is 0 Å². The summed E-state index contributed by atoms with van der Waals surface area (Å²) in [7, 11) is 1.39. The van der Waals surface area contributed by atoms with Gasteiger partial charge < -0.3 is 9.30 Å². The van der Waals surface area contributed by atoms with Gasteiger partial charge in [0.1, 0.15) is 0 Å². The number of aromatic nitrogens is 2. The maximum Gasteiger partial charge on any atom is 0.338 e. The number of carbonyl (C=O) groups excluding carboxylic acids is 1. The fourth-order valence-corrected chi connectivity index (χ4v) is 2.81. The summed E-state index contributed by atoms with van der Waals surface area (Å²) in [6.07, 6.45) is 5.53. The molecule has 4 nitrogen and oxygen atoms in total. The van der Waals surface area contributed by atoms with E-state index in [1.54, 1.807) is 18.5 Å². The van der Waals surface area contributed by atoms with Gasteiger partial charge in [-0.25, -0.2) is 4.79 Å². The Balaban J connectivity index is 2.10. The molecule has 106 valence electrons. The van der Waals surface area contributed by atoms with Crippen molar-refractivity contribution in [1.82, 2.24) is 9.55 Å². The number of carbonyl (C=O) groups is 1. The third-order valence-electron chi connectivity index (χ3n) is 3.36. The quantitative estimate of drug-likeness (QED) is 0.681. The van der Waals surface area contributed by atoms with Crippen LogP contribution in [-0.4, -0.2) is 22.6 Å². The van der Waals surface area contributed by atoms with Gasteiger partial charge in [-0.2, -0.15) is 0 Å². The van der Waals surface area contributed by atoms with Crippen molar-refractivity contribution in [2.24, 2.45) is 0 Å². The number of halogens is 1. The van der Waals surface area contributed by atoms with Crippen LogP contribution >= 0.6 is 15.9 Å². The molecule has 21 heavy (non-hydrogen) atoms. The van der Waals surface area contributed by atoms with Crippen molar-refractivity contribution in [3.63, 3.8) is 0 Å². The van der Waals surface area contributed by atoms with E-state index in [0.29, 0.717) is 5.56 Å². The highest BCUT2D eigenvalue weighted by atomic mass is 79.9. The topological polar surface area (TPSA) is 44.1 Å².